The first-order chi connectivity index (χ1) is 12.7. The molecule has 0 aliphatic carbocycles. The molecule has 7 heteroatoms. The molecule has 2 aromatic heterocycles. The first-order valence-electron chi connectivity index (χ1n) is 8.49. The maximum Gasteiger partial charge on any atom is 0.230 e. The molecule has 0 saturated carbocycles. The molecule has 26 heavy (non-hydrogen) atoms. The highest BCUT2D eigenvalue weighted by Crippen LogP contribution is 2.23. The number of hydrogen-bond donors (Lipinski definition) is 1. The van der Waals surface area contributed by atoms with Crippen LogP contribution in [0.1, 0.15) is 25.5 Å². The van der Waals surface area contributed by atoms with Crippen LogP contribution in [-0.4, -0.2) is 31.4 Å². The Morgan fingerprint density at radius 3 is 2.69 bits per heavy atom. The Hall–Kier alpha value is -2.67. The van der Waals surface area contributed by atoms with E-state index in [1.807, 2.05) is 60.9 Å². The van der Waals surface area contributed by atoms with Gasteiger partial charge in [0.05, 0.1) is 11.8 Å². The third-order valence-corrected chi connectivity index (χ3v) is 4.93. The molecule has 6 nitrogen and oxygen atoms in total. The summed E-state index contributed by atoms with van der Waals surface area (Å²) in [4.78, 5) is 16.4. The standard InChI is InChI=1S/C19H21N5OS/c1-3-24-18(16-10-7-11-20-12-16)22-23-19(24)26-13-17(25)21-14(2)15-8-5-4-6-9-15/h4-12,14H,3,13H2,1-2H3,(H,21,25)/t14-/m1/s1. The average Bonchev–Trinajstić information content (AvgIpc) is 3.10. The molecule has 1 aromatic carbocycles. The number of amides is 1. The van der Waals surface area contributed by atoms with Crippen LogP contribution in [-0.2, 0) is 11.3 Å². The fourth-order valence-electron chi connectivity index (χ4n) is 2.63. The van der Waals surface area contributed by atoms with Crippen molar-refractivity contribution in [3.05, 3.63) is 60.4 Å². The number of hydrogen-bond acceptors (Lipinski definition) is 5. The molecule has 0 saturated heterocycles. The second-order valence-corrected chi connectivity index (χ2v) is 6.72. The van der Waals surface area contributed by atoms with Crippen LogP contribution in [0.15, 0.2) is 60.0 Å². The molecule has 0 spiro atoms. The first-order valence-corrected chi connectivity index (χ1v) is 9.48. The highest BCUT2D eigenvalue weighted by atomic mass is 32.2. The highest BCUT2D eigenvalue weighted by molar-refractivity contribution is 7.99. The number of rotatable bonds is 7. The summed E-state index contributed by atoms with van der Waals surface area (Å²) in [6, 6.07) is 13.7. The van der Waals surface area contributed by atoms with Gasteiger partial charge >= 0.3 is 0 Å². The lowest BCUT2D eigenvalue weighted by Crippen LogP contribution is -2.28. The smallest absolute Gasteiger partial charge is 0.230 e. The molecule has 3 rings (SSSR count). The van der Waals surface area contributed by atoms with Crippen LogP contribution in [0.25, 0.3) is 11.4 Å². The summed E-state index contributed by atoms with van der Waals surface area (Å²) in [6.45, 7) is 4.74. The normalized spacial score (nSPS) is 11.9. The molecule has 0 unspecified atom stereocenters. The number of carbonyl (C=O) groups is 1. The molecule has 0 fully saturated rings. The lowest BCUT2D eigenvalue weighted by atomic mass is 10.1. The van der Waals surface area contributed by atoms with Crippen LogP contribution in [0.5, 0.6) is 0 Å². The van der Waals surface area contributed by atoms with Crippen molar-refractivity contribution in [1.82, 2.24) is 25.1 Å². The number of benzene rings is 1. The Morgan fingerprint density at radius 1 is 1.19 bits per heavy atom. The molecule has 2 heterocycles. The second-order valence-electron chi connectivity index (χ2n) is 5.78. The molecule has 1 atom stereocenters. The van der Waals surface area contributed by atoms with E-state index in [2.05, 4.69) is 20.5 Å². The fourth-order valence-corrected chi connectivity index (χ4v) is 3.44. The van der Waals surface area contributed by atoms with E-state index in [1.54, 1.807) is 12.4 Å². The Labute approximate surface area is 157 Å². The third-order valence-electron chi connectivity index (χ3n) is 3.96. The molecule has 0 bridgehead atoms. The predicted octanol–water partition coefficient (Wildman–Crippen LogP) is 3.33. The van der Waals surface area contributed by atoms with Gasteiger partial charge < -0.3 is 9.88 Å². The lowest BCUT2D eigenvalue weighted by molar-refractivity contribution is -0.119. The Bertz CT molecular complexity index is 851. The van der Waals surface area contributed by atoms with Gasteiger partial charge in [-0.15, -0.1) is 10.2 Å². The van der Waals surface area contributed by atoms with Crippen molar-refractivity contribution >= 4 is 17.7 Å². The van der Waals surface area contributed by atoms with Crippen molar-refractivity contribution in [3.63, 3.8) is 0 Å². The van der Waals surface area contributed by atoms with E-state index in [4.69, 9.17) is 0 Å². The van der Waals surface area contributed by atoms with Crippen molar-refractivity contribution in [2.45, 2.75) is 31.6 Å². The molecule has 134 valence electrons. The van der Waals surface area contributed by atoms with Crippen LogP contribution < -0.4 is 5.32 Å². The van der Waals surface area contributed by atoms with Gasteiger partial charge in [-0.2, -0.15) is 0 Å². The van der Waals surface area contributed by atoms with Gasteiger partial charge in [0.2, 0.25) is 5.91 Å². The number of pyridine rings is 1. The third kappa shape index (κ3) is 4.29. The van der Waals surface area contributed by atoms with Gasteiger partial charge in [0, 0.05) is 24.5 Å². The summed E-state index contributed by atoms with van der Waals surface area (Å²) in [7, 11) is 0. The van der Waals surface area contributed by atoms with E-state index in [1.165, 1.54) is 11.8 Å². The Morgan fingerprint density at radius 2 is 2.00 bits per heavy atom. The summed E-state index contributed by atoms with van der Waals surface area (Å²) in [5.74, 6) is 1.03. The van der Waals surface area contributed by atoms with E-state index in [9.17, 15) is 4.79 Å². The van der Waals surface area contributed by atoms with Gasteiger partial charge in [-0.1, -0.05) is 42.1 Å². The van der Waals surface area contributed by atoms with Crippen LogP contribution in [0.2, 0.25) is 0 Å². The van der Waals surface area contributed by atoms with Crippen molar-refractivity contribution in [1.29, 1.82) is 0 Å². The number of thioether (sulfide) groups is 1. The summed E-state index contributed by atoms with van der Waals surface area (Å²) in [5.41, 5.74) is 2.00. The maximum atomic E-state index is 12.3. The van der Waals surface area contributed by atoms with Gasteiger partial charge in [0.25, 0.3) is 0 Å². The van der Waals surface area contributed by atoms with E-state index in [0.29, 0.717) is 5.75 Å². The highest BCUT2D eigenvalue weighted by Gasteiger charge is 2.15. The van der Waals surface area contributed by atoms with Crippen molar-refractivity contribution < 1.29 is 4.79 Å². The zero-order valence-electron chi connectivity index (χ0n) is 14.8. The van der Waals surface area contributed by atoms with E-state index in [0.717, 1.165) is 28.7 Å². The molecule has 0 aliphatic heterocycles. The summed E-state index contributed by atoms with van der Waals surface area (Å²) >= 11 is 1.39. The second kappa shape index (κ2) is 8.62. The largest absolute Gasteiger partial charge is 0.349 e. The van der Waals surface area contributed by atoms with Crippen LogP contribution in [0, 0.1) is 0 Å². The quantitative estimate of drug-likeness (QED) is 0.649. The van der Waals surface area contributed by atoms with Gasteiger partial charge in [0.15, 0.2) is 11.0 Å². The summed E-state index contributed by atoms with van der Waals surface area (Å²) < 4.78 is 2.00. The molecule has 1 N–H and O–H groups in total. The van der Waals surface area contributed by atoms with E-state index < -0.39 is 0 Å². The average molecular weight is 367 g/mol. The minimum Gasteiger partial charge on any atom is -0.349 e. The van der Waals surface area contributed by atoms with Crippen molar-refractivity contribution in [2.24, 2.45) is 0 Å². The zero-order chi connectivity index (χ0) is 18.4. The molecule has 0 aliphatic rings. The van der Waals surface area contributed by atoms with E-state index in [-0.39, 0.29) is 11.9 Å². The Balaban J connectivity index is 1.63. The van der Waals surface area contributed by atoms with Gasteiger partial charge in [-0.3, -0.25) is 9.78 Å². The van der Waals surface area contributed by atoms with Crippen LogP contribution in [0.3, 0.4) is 0 Å². The van der Waals surface area contributed by atoms with Gasteiger partial charge in [0.1, 0.15) is 0 Å². The van der Waals surface area contributed by atoms with Gasteiger partial charge in [-0.05, 0) is 31.5 Å². The minimum atomic E-state index is -0.0284. The fraction of sp³-hybridized carbons (Fsp3) is 0.263. The monoisotopic (exact) mass is 367 g/mol. The number of aromatic nitrogens is 4. The predicted molar refractivity (Wildman–Crippen MR) is 103 cm³/mol. The lowest BCUT2D eigenvalue weighted by Gasteiger charge is -2.14. The molecule has 1 amide bonds. The SMILES string of the molecule is CCn1c(SCC(=O)N[C@H](C)c2ccccc2)nnc1-c1cccnc1. The van der Waals surface area contributed by atoms with Crippen molar-refractivity contribution in [3.8, 4) is 11.4 Å². The topological polar surface area (TPSA) is 72.7 Å². The Kier molecular flexibility index (Phi) is 6.01. The maximum absolute atomic E-state index is 12.3. The molecular formula is C19H21N5OS. The van der Waals surface area contributed by atoms with E-state index >= 15 is 0 Å². The van der Waals surface area contributed by atoms with Crippen LogP contribution >= 0.6 is 11.8 Å². The summed E-state index contributed by atoms with van der Waals surface area (Å²) in [6.07, 6.45) is 3.49. The van der Waals surface area contributed by atoms with Gasteiger partial charge in [-0.25, -0.2) is 0 Å². The minimum absolute atomic E-state index is 0.0278. The number of nitrogens with zero attached hydrogens (tertiary/aromatic N) is 4. The molecular weight excluding hydrogens is 346 g/mol. The number of nitrogens with one attached hydrogen (secondary N) is 1. The zero-order valence-corrected chi connectivity index (χ0v) is 15.6. The first kappa shape index (κ1) is 18.1. The summed E-state index contributed by atoms with van der Waals surface area (Å²) in [5, 5.41) is 12.3. The number of carbonyl (C=O) groups excluding carboxylic acids is 1. The van der Waals surface area contributed by atoms with Crippen molar-refractivity contribution in [2.75, 3.05) is 5.75 Å². The van der Waals surface area contributed by atoms with Crippen LogP contribution in [0.4, 0.5) is 0 Å². The molecule has 0 radical (unpaired) electrons. The molecule has 3 aromatic rings.